The maximum absolute atomic E-state index is 11.0. The summed E-state index contributed by atoms with van der Waals surface area (Å²) in [5, 5.41) is 11.0. The molecule has 0 spiro atoms. The fraction of sp³-hybridized carbons (Fsp3) is 0.400. The highest BCUT2D eigenvalue weighted by Gasteiger charge is 2.18. The van der Waals surface area contributed by atoms with Gasteiger partial charge in [0.1, 0.15) is 19.7 Å². The van der Waals surface area contributed by atoms with Gasteiger partial charge in [-0.3, -0.25) is 10.1 Å². The standard InChI is InChI=1S/C20H24N2O4/c1-16-6-7-19(22(23)24)20(14-16)26-13-12-25-11-10-21-9-8-17-4-2-3-5-18(17)15-21/h2-7,14H,8-13,15H2,1H3/p+1. The highest BCUT2D eigenvalue weighted by Crippen LogP contribution is 2.27. The number of nitrogens with one attached hydrogen (secondary N) is 1. The third-order valence-corrected chi connectivity index (χ3v) is 4.70. The number of quaternary nitrogens is 1. The van der Waals surface area contributed by atoms with Crippen molar-refractivity contribution in [2.75, 3.05) is 32.9 Å². The van der Waals surface area contributed by atoms with Crippen LogP contribution in [-0.2, 0) is 17.7 Å². The summed E-state index contributed by atoms with van der Waals surface area (Å²) in [6.07, 6.45) is 1.12. The van der Waals surface area contributed by atoms with Crippen LogP contribution in [0.4, 0.5) is 5.69 Å². The molecule has 138 valence electrons. The number of ether oxygens (including phenoxy) is 2. The van der Waals surface area contributed by atoms with E-state index in [1.54, 1.807) is 12.1 Å². The molecule has 2 aromatic rings. The van der Waals surface area contributed by atoms with E-state index in [9.17, 15) is 10.1 Å². The van der Waals surface area contributed by atoms with Crippen molar-refractivity contribution in [3.63, 3.8) is 0 Å². The van der Waals surface area contributed by atoms with Gasteiger partial charge in [0.05, 0.1) is 24.7 Å². The molecule has 0 amide bonds. The van der Waals surface area contributed by atoms with Gasteiger partial charge in [0.15, 0.2) is 5.75 Å². The number of nitro groups is 1. The van der Waals surface area contributed by atoms with E-state index in [-0.39, 0.29) is 5.69 Å². The van der Waals surface area contributed by atoms with Gasteiger partial charge < -0.3 is 14.4 Å². The van der Waals surface area contributed by atoms with Crippen molar-refractivity contribution in [2.24, 2.45) is 0 Å². The number of rotatable bonds is 8. The van der Waals surface area contributed by atoms with E-state index in [0.717, 1.165) is 31.6 Å². The number of fused-ring (bicyclic) bond motifs is 1. The Morgan fingerprint density at radius 1 is 1.12 bits per heavy atom. The molecule has 0 saturated carbocycles. The lowest BCUT2D eigenvalue weighted by atomic mass is 10.0. The summed E-state index contributed by atoms with van der Waals surface area (Å²) in [7, 11) is 0. The van der Waals surface area contributed by atoms with E-state index in [1.165, 1.54) is 22.1 Å². The Hall–Kier alpha value is -2.44. The van der Waals surface area contributed by atoms with Crippen molar-refractivity contribution in [3.8, 4) is 5.75 Å². The first-order valence-electron chi connectivity index (χ1n) is 8.99. The molecule has 0 aromatic heterocycles. The van der Waals surface area contributed by atoms with Crippen LogP contribution < -0.4 is 9.64 Å². The van der Waals surface area contributed by atoms with Crippen molar-refractivity contribution < 1.29 is 19.3 Å². The molecule has 0 aliphatic carbocycles. The highest BCUT2D eigenvalue weighted by atomic mass is 16.6. The fourth-order valence-corrected chi connectivity index (χ4v) is 3.27. The molecule has 0 saturated heterocycles. The first-order chi connectivity index (χ1) is 12.6. The van der Waals surface area contributed by atoms with Gasteiger partial charge in [0.25, 0.3) is 0 Å². The SMILES string of the molecule is Cc1ccc([N+](=O)[O-])c(OCCOCC[NH+]2CCc3ccccc3C2)c1. The van der Waals surface area contributed by atoms with Crippen molar-refractivity contribution >= 4 is 5.69 Å². The molecule has 26 heavy (non-hydrogen) atoms. The molecule has 0 radical (unpaired) electrons. The van der Waals surface area contributed by atoms with E-state index in [0.29, 0.717) is 25.6 Å². The Morgan fingerprint density at radius 3 is 2.73 bits per heavy atom. The lowest BCUT2D eigenvalue weighted by molar-refractivity contribution is -0.916. The van der Waals surface area contributed by atoms with Crippen molar-refractivity contribution in [1.29, 1.82) is 0 Å². The number of benzene rings is 2. The quantitative estimate of drug-likeness (QED) is 0.445. The maximum Gasteiger partial charge on any atom is 0.310 e. The van der Waals surface area contributed by atoms with Crippen LogP contribution >= 0.6 is 0 Å². The summed E-state index contributed by atoms with van der Waals surface area (Å²) in [5.41, 5.74) is 3.82. The molecule has 1 atom stereocenters. The monoisotopic (exact) mass is 357 g/mol. The first kappa shape index (κ1) is 18.4. The maximum atomic E-state index is 11.0. The van der Waals surface area contributed by atoms with Crippen LogP contribution in [-0.4, -0.2) is 37.8 Å². The van der Waals surface area contributed by atoms with Gasteiger partial charge in [-0.15, -0.1) is 0 Å². The van der Waals surface area contributed by atoms with Gasteiger partial charge in [-0.1, -0.05) is 30.3 Å². The van der Waals surface area contributed by atoms with E-state index in [2.05, 4.69) is 24.3 Å². The number of nitrogens with zero attached hydrogens (tertiary/aromatic N) is 1. The summed E-state index contributed by atoms with van der Waals surface area (Å²) in [5.74, 6) is 0.303. The van der Waals surface area contributed by atoms with E-state index in [1.807, 2.05) is 6.92 Å². The normalized spacial score (nSPS) is 16.1. The lowest BCUT2D eigenvalue weighted by Crippen LogP contribution is -3.12. The Balaban J connectivity index is 1.37. The Kier molecular flexibility index (Phi) is 6.20. The Morgan fingerprint density at radius 2 is 1.92 bits per heavy atom. The van der Waals surface area contributed by atoms with Gasteiger partial charge in [0, 0.05) is 18.1 Å². The summed E-state index contributed by atoms with van der Waals surface area (Å²) in [4.78, 5) is 12.1. The van der Waals surface area contributed by atoms with Gasteiger partial charge in [-0.25, -0.2) is 0 Å². The van der Waals surface area contributed by atoms with Crippen LogP contribution in [0.3, 0.4) is 0 Å². The largest absolute Gasteiger partial charge is 0.484 e. The van der Waals surface area contributed by atoms with Gasteiger partial charge in [-0.2, -0.15) is 0 Å². The van der Waals surface area contributed by atoms with Gasteiger partial charge >= 0.3 is 5.69 Å². The average molecular weight is 357 g/mol. The Labute approximate surface area is 153 Å². The topological polar surface area (TPSA) is 66.0 Å². The predicted octanol–water partition coefficient (Wildman–Crippen LogP) is 1.94. The molecular weight excluding hydrogens is 332 g/mol. The van der Waals surface area contributed by atoms with Gasteiger partial charge in [-0.05, 0) is 24.1 Å². The molecule has 0 fully saturated rings. The third-order valence-electron chi connectivity index (χ3n) is 4.70. The van der Waals surface area contributed by atoms with Crippen LogP contribution in [0.1, 0.15) is 16.7 Å². The molecular formula is C20H25N2O4+. The fourth-order valence-electron chi connectivity index (χ4n) is 3.27. The van der Waals surface area contributed by atoms with Crippen LogP contribution in [0.15, 0.2) is 42.5 Å². The molecule has 0 bridgehead atoms. The zero-order valence-electron chi connectivity index (χ0n) is 15.1. The number of aryl methyl sites for hydroxylation is 1. The Bertz CT molecular complexity index is 763. The summed E-state index contributed by atoms with van der Waals surface area (Å²) < 4.78 is 11.2. The molecule has 1 unspecified atom stereocenters. The molecule has 6 nitrogen and oxygen atoms in total. The van der Waals surface area contributed by atoms with Crippen molar-refractivity contribution in [2.45, 2.75) is 19.9 Å². The molecule has 3 rings (SSSR count). The van der Waals surface area contributed by atoms with Gasteiger partial charge in [0.2, 0.25) is 0 Å². The molecule has 2 aromatic carbocycles. The average Bonchev–Trinajstić information content (AvgIpc) is 2.64. The van der Waals surface area contributed by atoms with E-state index < -0.39 is 4.92 Å². The lowest BCUT2D eigenvalue weighted by Gasteiger charge is -2.25. The highest BCUT2D eigenvalue weighted by molar-refractivity contribution is 5.48. The minimum absolute atomic E-state index is 0.00738. The summed E-state index contributed by atoms with van der Waals surface area (Å²) >= 11 is 0. The minimum Gasteiger partial charge on any atom is -0.484 e. The second kappa shape index (κ2) is 8.78. The second-order valence-electron chi connectivity index (χ2n) is 6.63. The number of nitro benzene ring substituents is 1. The third kappa shape index (κ3) is 4.80. The van der Waals surface area contributed by atoms with Crippen LogP contribution in [0.5, 0.6) is 5.75 Å². The van der Waals surface area contributed by atoms with Crippen molar-refractivity contribution in [3.05, 3.63) is 69.3 Å². The molecule has 1 heterocycles. The van der Waals surface area contributed by atoms with Crippen LogP contribution in [0.25, 0.3) is 0 Å². The first-order valence-corrected chi connectivity index (χ1v) is 8.99. The van der Waals surface area contributed by atoms with E-state index >= 15 is 0 Å². The zero-order chi connectivity index (χ0) is 18.4. The van der Waals surface area contributed by atoms with Crippen LogP contribution in [0, 0.1) is 17.0 Å². The summed E-state index contributed by atoms with van der Waals surface area (Å²) in [6.45, 7) is 6.41. The molecule has 1 aliphatic rings. The number of hydrogen-bond donors (Lipinski definition) is 1. The smallest absolute Gasteiger partial charge is 0.310 e. The number of hydrogen-bond acceptors (Lipinski definition) is 4. The summed E-state index contributed by atoms with van der Waals surface area (Å²) in [6, 6.07) is 13.5. The minimum atomic E-state index is -0.423. The van der Waals surface area contributed by atoms with E-state index in [4.69, 9.17) is 9.47 Å². The molecule has 1 N–H and O–H groups in total. The predicted molar refractivity (Wildman–Crippen MR) is 98.7 cm³/mol. The second-order valence-corrected chi connectivity index (χ2v) is 6.63. The van der Waals surface area contributed by atoms with Crippen LogP contribution in [0.2, 0.25) is 0 Å². The zero-order valence-corrected chi connectivity index (χ0v) is 15.1. The van der Waals surface area contributed by atoms with Crippen molar-refractivity contribution in [1.82, 2.24) is 0 Å². The molecule has 1 aliphatic heterocycles. The molecule has 6 heteroatoms.